The molecule has 0 amide bonds. The van der Waals surface area contributed by atoms with Crippen LogP contribution in [0.5, 0.6) is 0 Å². The quantitative estimate of drug-likeness (QED) is 0.137. The van der Waals surface area contributed by atoms with Gasteiger partial charge in [0.05, 0.1) is 13.1 Å². The van der Waals surface area contributed by atoms with Crippen molar-refractivity contribution in [2.45, 2.75) is 40.0 Å². The molecule has 0 unspecified atom stereocenters. The van der Waals surface area contributed by atoms with Crippen molar-refractivity contribution in [3.63, 3.8) is 0 Å². The number of benzene rings is 4. The third-order valence-electron chi connectivity index (χ3n) is 7.15. The second-order valence-electron chi connectivity index (χ2n) is 9.32. The van der Waals surface area contributed by atoms with Crippen molar-refractivity contribution >= 4 is 0 Å². The van der Waals surface area contributed by atoms with Gasteiger partial charge in [-0.1, -0.05) is 62.4 Å². The first-order valence-corrected chi connectivity index (χ1v) is 11.2. The predicted molar refractivity (Wildman–Crippen MR) is 126 cm³/mol. The zero-order valence-corrected chi connectivity index (χ0v) is 24.4. The summed E-state index contributed by atoms with van der Waals surface area (Å²) in [6.45, 7) is 8.50. The fraction of sp³-hybridized carbons (Fsp3) is 0.200. The molecule has 0 aromatic heterocycles. The van der Waals surface area contributed by atoms with Crippen LogP contribution in [0.4, 0.5) is 0 Å². The molecule has 0 saturated heterocycles. The van der Waals surface area contributed by atoms with Crippen molar-refractivity contribution in [1.82, 2.24) is 0 Å². The summed E-state index contributed by atoms with van der Waals surface area (Å²) in [4.78, 5) is 0. The maximum absolute atomic E-state index is 3.65. The van der Waals surface area contributed by atoms with Crippen LogP contribution in [0, 0.1) is 26.0 Å². The Morgan fingerprint density at radius 1 is 0.576 bits per heavy atom. The third kappa shape index (κ3) is 4.12. The molecular weight excluding hydrogens is 747 g/mol. The molecule has 2 heterocycles. The summed E-state index contributed by atoms with van der Waals surface area (Å²) in [5.74, 6) is 0. The van der Waals surface area contributed by atoms with E-state index in [0.29, 0.717) is 0 Å². The topological polar surface area (TPSA) is 0 Å². The summed E-state index contributed by atoms with van der Waals surface area (Å²) in [7, 11) is 0. The van der Waals surface area contributed by atoms with Crippen LogP contribution < -0.4 is 0 Å². The van der Waals surface area contributed by atoms with Crippen LogP contribution in [0.25, 0.3) is 22.3 Å². The Kier molecular flexibility index (Phi) is 6.94. The summed E-state index contributed by atoms with van der Waals surface area (Å²) < 4.78 is 0.980. The molecule has 166 valence electrons. The SMILES string of the molecule is Cc1cc[c-]c2c1-c1c([c-]ccc1C)C[N+]1(C2)Cc2ccccc2-c2ccccc2C1.[Re].[Re]. The van der Waals surface area contributed by atoms with Crippen LogP contribution in [0.2, 0.25) is 0 Å². The first kappa shape index (κ1) is 24.3. The minimum Gasteiger partial charge on any atom is -0.312 e. The standard InChI is InChI=1S/C30H26N.2Re/c1-21-9-7-13-25-19-31(20-26-14-8-10-22(2)30(26)29(21)25)17-23-11-3-5-15-27(23)28-16-6-4-12-24(28)18-31;;/h3-12,15-16H,17-20H2,1-2H3;;/q-1;;. The van der Waals surface area contributed by atoms with Crippen LogP contribution in [-0.4, -0.2) is 4.48 Å². The van der Waals surface area contributed by atoms with Gasteiger partial charge in [-0.05, 0) is 11.1 Å². The van der Waals surface area contributed by atoms with Gasteiger partial charge < -0.3 is 4.48 Å². The van der Waals surface area contributed by atoms with Gasteiger partial charge in [-0.15, -0.1) is 11.1 Å². The Hall–Kier alpha value is -1.84. The van der Waals surface area contributed by atoms with E-state index in [-0.39, 0.29) is 40.8 Å². The number of quaternary nitrogens is 1. The molecule has 1 nitrogen and oxygen atoms in total. The Labute approximate surface area is 224 Å². The van der Waals surface area contributed by atoms with Gasteiger partial charge in [0, 0.05) is 52.0 Å². The van der Waals surface area contributed by atoms with Crippen molar-refractivity contribution in [3.8, 4) is 22.3 Å². The largest absolute Gasteiger partial charge is 0.312 e. The molecule has 0 fully saturated rings. The van der Waals surface area contributed by atoms with E-state index in [1.54, 1.807) is 0 Å². The second kappa shape index (κ2) is 9.43. The molecule has 0 N–H and O–H groups in total. The number of rotatable bonds is 0. The van der Waals surface area contributed by atoms with E-state index in [9.17, 15) is 0 Å². The molecule has 2 aliphatic rings. The van der Waals surface area contributed by atoms with E-state index < -0.39 is 0 Å². The van der Waals surface area contributed by atoms with E-state index in [2.05, 4.69) is 98.8 Å². The van der Waals surface area contributed by atoms with Gasteiger partial charge in [-0.3, -0.25) is 0 Å². The minimum atomic E-state index is 0. The summed E-state index contributed by atoms with van der Waals surface area (Å²) in [6, 6.07) is 33.9. The number of hydrogen-bond donors (Lipinski definition) is 0. The first-order chi connectivity index (χ1) is 15.1. The predicted octanol–water partition coefficient (Wildman–Crippen LogP) is 6.78. The summed E-state index contributed by atoms with van der Waals surface area (Å²) >= 11 is 0. The van der Waals surface area contributed by atoms with Gasteiger partial charge in [0.15, 0.2) is 0 Å². The Morgan fingerprint density at radius 3 is 1.45 bits per heavy atom. The Balaban J connectivity index is 0.00000130. The number of aryl methyl sites for hydroxylation is 2. The van der Waals surface area contributed by atoms with Crippen molar-refractivity contribution in [2.24, 2.45) is 0 Å². The molecule has 0 bridgehead atoms. The van der Waals surface area contributed by atoms with E-state index in [0.717, 1.165) is 30.7 Å². The average molecular weight is 773 g/mol. The van der Waals surface area contributed by atoms with Gasteiger partial charge in [0.1, 0.15) is 13.1 Å². The van der Waals surface area contributed by atoms with Crippen LogP contribution in [0.1, 0.15) is 33.4 Å². The third-order valence-corrected chi connectivity index (χ3v) is 7.15. The van der Waals surface area contributed by atoms with Crippen molar-refractivity contribution < 1.29 is 45.3 Å². The van der Waals surface area contributed by atoms with Gasteiger partial charge >= 0.3 is 0 Å². The molecule has 6 rings (SSSR count). The normalized spacial score (nSPS) is 14.8. The van der Waals surface area contributed by atoms with Crippen molar-refractivity contribution in [2.75, 3.05) is 0 Å². The van der Waals surface area contributed by atoms with E-state index in [1.807, 2.05) is 0 Å². The van der Waals surface area contributed by atoms with E-state index >= 15 is 0 Å². The van der Waals surface area contributed by atoms with Crippen LogP contribution in [0.3, 0.4) is 0 Å². The fourth-order valence-electron chi connectivity index (χ4n) is 5.84. The molecule has 0 aliphatic carbocycles. The molecule has 2 radical (unpaired) electrons. The van der Waals surface area contributed by atoms with E-state index in [4.69, 9.17) is 0 Å². The maximum atomic E-state index is 3.65. The molecule has 2 aliphatic heterocycles. The second-order valence-corrected chi connectivity index (χ2v) is 9.32. The molecule has 4 aromatic rings. The Bertz CT molecular complexity index is 1220. The fourth-order valence-corrected chi connectivity index (χ4v) is 5.84. The number of fused-ring (bicyclic) bond motifs is 6. The van der Waals surface area contributed by atoms with Crippen molar-refractivity contribution in [3.05, 3.63) is 118 Å². The number of hydrogen-bond acceptors (Lipinski definition) is 0. The van der Waals surface area contributed by atoms with Gasteiger partial charge in [-0.2, -0.15) is 58.7 Å². The molecule has 0 atom stereocenters. The Morgan fingerprint density at radius 2 is 1.00 bits per heavy atom. The smallest absolute Gasteiger partial charge is 0.106 e. The summed E-state index contributed by atoms with van der Waals surface area (Å²) in [5, 5.41) is 0. The zero-order valence-electron chi connectivity index (χ0n) is 19.0. The summed E-state index contributed by atoms with van der Waals surface area (Å²) in [5.41, 5.74) is 13.8. The monoisotopic (exact) mass is 774 g/mol. The van der Waals surface area contributed by atoms with Crippen molar-refractivity contribution in [1.29, 1.82) is 0 Å². The van der Waals surface area contributed by atoms with Crippen LogP contribution in [-0.2, 0) is 67.0 Å². The summed E-state index contributed by atoms with van der Waals surface area (Å²) in [6.07, 6.45) is 0. The minimum absolute atomic E-state index is 0. The van der Waals surface area contributed by atoms with Gasteiger partial charge in [-0.25, -0.2) is 0 Å². The van der Waals surface area contributed by atoms with Gasteiger partial charge in [0.25, 0.3) is 0 Å². The van der Waals surface area contributed by atoms with Crippen LogP contribution >= 0.6 is 0 Å². The zero-order chi connectivity index (χ0) is 21.0. The van der Waals surface area contributed by atoms with Gasteiger partial charge in [0.2, 0.25) is 0 Å². The maximum Gasteiger partial charge on any atom is 0.106 e. The van der Waals surface area contributed by atoms with E-state index in [1.165, 1.54) is 55.6 Å². The molecule has 3 heteroatoms. The molecule has 33 heavy (non-hydrogen) atoms. The number of nitrogens with zero attached hydrogens (tertiary/aromatic N) is 1. The molecule has 4 aromatic carbocycles. The molecule has 0 saturated carbocycles. The first-order valence-electron chi connectivity index (χ1n) is 11.2. The van der Waals surface area contributed by atoms with Crippen LogP contribution in [0.15, 0.2) is 72.8 Å². The molecule has 1 spiro atoms. The molecular formula is C30H26NRe2-. The average Bonchev–Trinajstić information content (AvgIpc) is 2.99.